The second-order valence-corrected chi connectivity index (χ2v) is 5.23. The molecule has 1 heterocycles. The molecule has 1 N–H and O–H groups in total. The van der Waals surface area contributed by atoms with Crippen LogP contribution in [0.15, 0.2) is 48.5 Å². The lowest BCUT2D eigenvalue weighted by atomic mass is 10.1. The molecule has 0 aliphatic carbocycles. The Morgan fingerprint density at radius 2 is 1.91 bits per heavy atom. The highest BCUT2D eigenvalue weighted by molar-refractivity contribution is 5.98. The van der Waals surface area contributed by atoms with Gasteiger partial charge in [0, 0.05) is 18.0 Å². The molecule has 2 aromatic carbocycles. The zero-order valence-corrected chi connectivity index (χ0v) is 12.5. The zero-order chi connectivity index (χ0) is 15.7. The van der Waals surface area contributed by atoms with Crippen LogP contribution in [0.25, 0.3) is 10.9 Å². The number of carbonyl (C=O) groups is 1. The summed E-state index contributed by atoms with van der Waals surface area (Å²) in [6.45, 7) is 2.36. The summed E-state index contributed by atoms with van der Waals surface area (Å²) in [5.74, 6) is -0.195. The summed E-state index contributed by atoms with van der Waals surface area (Å²) in [5.41, 5.74) is 3.04. The maximum Gasteiger partial charge on any atom is 0.352 e. The minimum atomic E-state index is -0.913. The quantitative estimate of drug-likeness (QED) is 0.798. The molecule has 4 heteroatoms. The number of methoxy groups -OCH3 is 1. The van der Waals surface area contributed by atoms with Crippen LogP contribution in [0, 0.1) is 6.92 Å². The summed E-state index contributed by atoms with van der Waals surface area (Å²) in [6.07, 6.45) is 0. The van der Waals surface area contributed by atoms with Gasteiger partial charge in [-0.25, -0.2) is 4.79 Å². The van der Waals surface area contributed by atoms with Crippen LogP contribution in [0.2, 0.25) is 0 Å². The van der Waals surface area contributed by atoms with E-state index in [1.54, 1.807) is 7.11 Å². The SMILES string of the molecule is COc1ccc2c(C)c(C(=O)O)n(Cc3ccccc3)c2c1. The van der Waals surface area contributed by atoms with E-state index in [2.05, 4.69) is 0 Å². The van der Waals surface area contributed by atoms with Gasteiger partial charge in [0.15, 0.2) is 0 Å². The molecule has 0 aliphatic rings. The summed E-state index contributed by atoms with van der Waals surface area (Å²) in [4.78, 5) is 11.7. The molecular weight excluding hydrogens is 278 g/mol. The molecule has 112 valence electrons. The van der Waals surface area contributed by atoms with E-state index in [0.717, 1.165) is 27.8 Å². The maximum atomic E-state index is 11.7. The molecule has 4 nitrogen and oxygen atoms in total. The number of hydrogen-bond acceptors (Lipinski definition) is 2. The Labute approximate surface area is 128 Å². The van der Waals surface area contributed by atoms with E-state index >= 15 is 0 Å². The van der Waals surface area contributed by atoms with E-state index in [1.165, 1.54) is 0 Å². The average Bonchev–Trinajstić information content (AvgIpc) is 2.80. The Hall–Kier alpha value is -2.75. The first-order valence-electron chi connectivity index (χ1n) is 7.06. The highest BCUT2D eigenvalue weighted by Crippen LogP contribution is 2.29. The Balaban J connectivity index is 2.24. The lowest BCUT2D eigenvalue weighted by Crippen LogP contribution is -2.10. The minimum Gasteiger partial charge on any atom is -0.497 e. The van der Waals surface area contributed by atoms with Crippen molar-refractivity contribution < 1.29 is 14.6 Å². The number of benzene rings is 2. The van der Waals surface area contributed by atoms with E-state index in [-0.39, 0.29) is 0 Å². The van der Waals surface area contributed by atoms with Gasteiger partial charge in [0.25, 0.3) is 0 Å². The molecule has 0 spiro atoms. The molecule has 0 bridgehead atoms. The monoisotopic (exact) mass is 295 g/mol. The zero-order valence-electron chi connectivity index (χ0n) is 12.5. The molecule has 3 aromatic rings. The molecule has 0 fully saturated rings. The summed E-state index contributed by atoms with van der Waals surface area (Å²) in [5, 5.41) is 10.5. The molecule has 0 saturated carbocycles. The maximum absolute atomic E-state index is 11.7. The first-order valence-corrected chi connectivity index (χ1v) is 7.06. The van der Waals surface area contributed by atoms with Crippen LogP contribution in [0.3, 0.4) is 0 Å². The molecule has 0 atom stereocenters. The molecule has 22 heavy (non-hydrogen) atoms. The summed E-state index contributed by atoms with van der Waals surface area (Å²) < 4.78 is 7.11. The molecule has 0 aliphatic heterocycles. The minimum absolute atomic E-state index is 0.326. The first kappa shape index (κ1) is 14.2. The van der Waals surface area contributed by atoms with Crippen molar-refractivity contribution in [3.8, 4) is 5.75 Å². The predicted octanol–water partition coefficient (Wildman–Crippen LogP) is 3.70. The number of aryl methyl sites for hydroxylation is 1. The van der Waals surface area contributed by atoms with Crippen LogP contribution < -0.4 is 4.74 Å². The highest BCUT2D eigenvalue weighted by Gasteiger charge is 2.20. The molecule has 0 unspecified atom stereocenters. The number of aromatic nitrogens is 1. The molecule has 3 rings (SSSR count). The molecule has 0 amide bonds. The van der Waals surface area contributed by atoms with Gasteiger partial charge in [-0.3, -0.25) is 0 Å². The van der Waals surface area contributed by atoms with Crippen LogP contribution in [-0.4, -0.2) is 22.8 Å². The number of fused-ring (bicyclic) bond motifs is 1. The van der Waals surface area contributed by atoms with Gasteiger partial charge in [-0.2, -0.15) is 0 Å². The Morgan fingerprint density at radius 3 is 2.55 bits per heavy atom. The fraction of sp³-hybridized carbons (Fsp3) is 0.167. The van der Waals surface area contributed by atoms with E-state index in [1.807, 2.05) is 60.0 Å². The van der Waals surface area contributed by atoms with Crippen molar-refractivity contribution in [1.29, 1.82) is 0 Å². The van der Waals surface area contributed by atoms with Crippen LogP contribution >= 0.6 is 0 Å². The third-order valence-corrected chi connectivity index (χ3v) is 3.91. The fourth-order valence-electron chi connectivity index (χ4n) is 2.84. The Bertz CT molecular complexity index is 834. The largest absolute Gasteiger partial charge is 0.497 e. The predicted molar refractivity (Wildman–Crippen MR) is 85.7 cm³/mol. The van der Waals surface area contributed by atoms with Crippen molar-refractivity contribution in [3.05, 3.63) is 65.4 Å². The second-order valence-electron chi connectivity index (χ2n) is 5.23. The third kappa shape index (κ3) is 2.33. The molecule has 0 saturated heterocycles. The average molecular weight is 295 g/mol. The van der Waals surface area contributed by atoms with Gasteiger partial charge in [-0.1, -0.05) is 30.3 Å². The summed E-state index contributed by atoms with van der Waals surface area (Å²) in [6, 6.07) is 15.5. The number of carboxylic acid groups (broad SMARTS) is 1. The number of ether oxygens (including phenoxy) is 1. The van der Waals surface area contributed by atoms with E-state index in [9.17, 15) is 9.90 Å². The van der Waals surface area contributed by atoms with Gasteiger partial charge in [0.1, 0.15) is 11.4 Å². The Kier molecular flexibility index (Phi) is 3.59. The van der Waals surface area contributed by atoms with Crippen molar-refractivity contribution in [2.45, 2.75) is 13.5 Å². The number of aromatic carboxylic acids is 1. The highest BCUT2D eigenvalue weighted by atomic mass is 16.5. The smallest absolute Gasteiger partial charge is 0.352 e. The normalized spacial score (nSPS) is 10.8. The topological polar surface area (TPSA) is 51.5 Å². The number of nitrogens with zero attached hydrogens (tertiary/aromatic N) is 1. The second kappa shape index (κ2) is 5.56. The molecule has 1 aromatic heterocycles. The lowest BCUT2D eigenvalue weighted by Gasteiger charge is -2.09. The van der Waals surface area contributed by atoms with Crippen LogP contribution in [0.5, 0.6) is 5.75 Å². The van der Waals surface area contributed by atoms with Crippen molar-refractivity contribution >= 4 is 16.9 Å². The standard InChI is InChI=1S/C18H17NO3/c1-12-15-9-8-14(22-2)10-16(15)19(17(12)18(20)21)11-13-6-4-3-5-7-13/h3-10H,11H2,1-2H3,(H,20,21). The van der Waals surface area contributed by atoms with Crippen molar-refractivity contribution in [2.75, 3.05) is 7.11 Å². The third-order valence-electron chi connectivity index (χ3n) is 3.91. The van der Waals surface area contributed by atoms with Gasteiger partial charge in [0.2, 0.25) is 0 Å². The van der Waals surface area contributed by atoms with Gasteiger partial charge in [-0.15, -0.1) is 0 Å². The van der Waals surface area contributed by atoms with Crippen molar-refractivity contribution in [2.24, 2.45) is 0 Å². The molecular formula is C18H17NO3. The number of rotatable bonds is 4. The van der Waals surface area contributed by atoms with Crippen LogP contribution in [0.4, 0.5) is 0 Å². The number of hydrogen-bond donors (Lipinski definition) is 1. The van der Waals surface area contributed by atoms with Gasteiger partial charge >= 0.3 is 5.97 Å². The molecule has 0 radical (unpaired) electrons. The van der Waals surface area contributed by atoms with Crippen molar-refractivity contribution in [1.82, 2.24) is 4.57 Å². The van der Waals surface area contributed by atoms with Gasteiger partial charge < -0.3 is 14.4 Å². The number of carboxylic acids is 1. The van der Waals surface area contributed by atoms with Gasteiger partial charge in [0.05, 0.1) is 12.6 Å². The van der Waals surface area contributed by atoms with E-state index < -0.39 is 5.97 Å². The fourth-order valence-corrected chi connectivity index (χ4v) is 2.84. The summed E-state index contributed by atoms with van der Waals surface area (Å²) in [7, 11) is 1.61. The Morgan fingerprint density at radius 1 is 1.18 bits per heavy atom. The lowest BCUT2D eigenvalue weighted by molar-refractivity contribution is 0.0685. The van der Waals surface area contributed by atoms with E-state index in [4.69, 9.17) is 4.74 Å². The first-order chi connectivity index (χ1) is 10.6. The van der Waals surface area contributed by atoms with Crippen molar-refractivity contribution in [3.63, 3.8) is 0 Å². The summed E-state index contributed by atoms with van der Waals surface area (Å²) >= 11 is 0. The van der Waals surface area contributed by atoms with Crippen LogP contribution in [0.1, 0.15) is 21.6 Å². The van der Waals surface area contributed by atoms with E-state index in [0.29, 0.717) is 12.2 Å². The van der Waals surface area contributed by atoms with Crippen LogP contribution in [-0.2, 0) is 6.54 Å². The van der Waals surface area contributed by atoms with Gasteiger partial charge in [-0.05, 0) is 30.2 Å².